The van der Waals surface area contributed by atoms with Crippen LogP contribution >= 0.6 is 0 Å². The summed E-state index contributed by atoms with van der Waals surface area (Å²) in [4.78, 5) is 40.9. The van der Waals surface area contributed by atoms with Crippen molar-refractivity contribution in [1.82, 2.24) is 19.9 Å². The summed E-state index contributed by atoms with van der Waals surface area (Å²) in [5.74, 6) is 0.722. The maximum atomic E-state index is 13.3. The molecule has 1 spiro atoms. The van der Waals surface area contributed by atoms with Crippen LogP contribution in [0, 0.1) is 0 Å². The van der Waals surface area contributed by atoms with Crippen LogP contribution < -0.4 is 10.5 Å². The van der Waals surface area contributed by atoms with Gasteiger partial charge < -0.3 is 14.8 Å². The molecule has 2 aliphatic rings. The van der Waals surface area contributed by atoms with E-state index < -0.39 is 0 Å². The highest BCUT2D eigenvalue weighted by atomic mass is 16.2. The van der Waals surface area contributed by atoms with Gasteiger partial charge in [-0.3, -0.25) is 9.59 Å². The molecule has 1 amide bonds. The van der Waals surface area contributed by atoms with E-state index in [4.69, 9.17) is 4.98 Å². The van der Waals surface area contributed by atoms with E-state index in [0.717, 1.165) is 43.9 Å². The number of pyridine rings is 1. The summed E-state index contributed by atoms with van der Waals surface area (Å²) in [5, 5.41) is 0. The summed E-state index contributed by atoms with van der Waals surface area (Å²) in [7, 11) is 3.89. The highest BCUT2D eigenvalue weighted by molar-refractivity contribution is 5.95. The summed E-state index contributed by atoms with van der Waals surface area (Å²) in [6.07, 6.45) is 6.54. The lowest BCUT2D eigenvalue weighted by Gasteiger charge is -2.40. The minimum Gasteiger partial charge on any atom is -0.347 e. The number of H-pyrrole nitrogens is 1. The Labute approximate surface area is 164 Å². The fourth-order valence-electron chi connectivity index (χ4n) is 4.62. The summed E-state index contributed by atoms with van der Waals surface area (Å²) in [6, 6.07) is 3.10. The zero-order valence-corrected chi connectivity index (χ0v) is 16.8. The summed E-state index contributed by atoms with van der Waals surface area (Å²) in [6.45, 7) is 3.36. The van der Waals surface area contributed by atoms with Crippen LogP contribution in [0.15, 0.2) is 23.1 Å². The average Bonchev–Trinajstić information content (AvgIpc) is 3.04. The maximum absolute atomic E-state index is 13.3. The standard InChI is InChI=1S/C21H27N5O2/c1-4-16-15(6-7-17(27)23-16)19(28)26-11-5-9-21(13-26)10-8-14-12-22-20(25(2)3)24-18(14)21/h6-7,12H,4-5,8-11,13H2,1-3H3,(H,23,27). The van der Waals surface area contributed by atoms with E-state index in [1.807, 2.05) is 37.0 Å². The predicted octanol–water partition coefficient (Wildman–Crippen LogP) is 1.91. The van der Waals surface area contributed by atoms with Gasteiger partial charge in [-0.15, -0.1) is 0 Å². The van der Waals surface area contributed by atoms with Crippen molar-refractivity contribution in [3.63, 3.8) is 0 Å². The molecule has 0 aromatic carbocycles. The van der Waals surface area contributed by atoms with Gasteiger partial charge in [-0.25, -0.2) is 9.97 Å². The van der Waals surface area contributed by atoms with E-state index in [1.54, 1.807) is 6.07 Å². The topological polar surface area (TPSA) is 82.2 Å². The zero-order chi connectivity index (χ0) is 19.9. The van der Waals surface area contributed by atoms with Gasteiger partial charge in [0.25, 0.3) is 5.91 Å². The Morgan fingerprint density at radius 3 is 2.89 bits per heavy atom. The van der Waals surface area contributed by atoms with Gasteiger partial charge in [0.1, 0.15) is 0 Å². The lowest BCUT2D eigenvalue weighted by Crippen LogP contribution is -2.48. The van der Waals surface area contributed by atoms with Crippen LogP contribution in [0.5, 0.6) is 0 Å². The molecular formula is C21H27N5O2. The molecule has 4 rings (SSSR count). The number of piperidine rings is 1. The van der Waals surface area contributed by atoms with Crippen molar-refractivity contribution in [2.24, 2.45) is 0 Å². The van der Waals surface area contributed by atoms with Gasteiger partial charge in [0.05, 0.1) is 11.3 Å². The summed E-state index contributed by atoms with van der Waals surface area (Å²) < 4.78 is 0. The van der Waals surface area contributed by atoms with Gasteiger partial charge in [-0.05, 0) is 43.7 Å². The molecule has 1 atom stereocenters. The van der Waals surface area contributed by atoms with Gasteiger partial charge in [-0.2, -0.15) is 0 Å². The Hall–Kier alpha value is -2.70. The second-order valence-corrected chi connectivity index (χ2v) is 8.12. The molecule has 0 bridgehead atoms. The van der Waals surface area contributed by atoms with Crippen molar-refractivity contribution in [2.45, 2.75) is 44.4 Å². The van der Waals surface area contributed by atoms with Gasteiger partial charge in [0.15, 0.2) is 0 Å². The quantitative estimate of drug-likeness (QED) is 0.878. The SMILES string of the molecule is CCc1[nH]c(=O)ccc1C(=O)N1CCCC2(CCc3cnc(N(C)C)nc32)C1. The number of nitrogens with one attached hydrogen (secondary N) is 1. The molecule has 1 unspecified atom stereocenters. The fourth-order valence-corrected chi connectivity index (χ4v) is 4.62. The van der Waals surface area contributed by atoms with Crippen LogP contribution in [-0.4, -0.2) is 52.9 Å². The Bertz CT molecular complexity index is 964. The molecule has 28 heavy (non-hydrogen) atoms. The van der Waals surface area contributed by atoms with Gasteiger partial charge in [0, 0.05) is 50.6 Å². The fraction of sp³-hybridized carbons (Fsp3) is 0.524. The normalized spacial score (nSPS) is 21.0. The number of aromatic amines is 1. The van der Waals surface area contributed by atoms with Crippen LogP contribution in [0.4, 0.5) is 5.95 Å². The molecule has 2 aromatic heterocycles. The highest BCUT2D eigenvalue weighted by Crippen LogP contribution is 2.44. The van der Waals surface area contributed by atoms with Crippen molar-refractivity contribution in [1.29, 1.82) is 0 Å². The van der Waals surface area contributed by atoms with Crippen LogP contribution in [0.1, 0.15) is 53.5 Å². The number of carbonyl (C=O) groups excluding carboxylic acids is 1. The second-order valence-electron chi connectivity index (χ2n) is 8.12. The van der Waals surface area contributed by atoms with Gasteiger partial charge in [-0.1, -0.05) is 6.92 Å². The lowest BCUT2D eigenvalue weighted by molar-refractivity contribution is 0.0632. The molecule has 1 N–H and O–H groups in total. The number of hydrogen-bond donors (Lipinski definition) is 1. The van der Waals surface area contributed by atoms with Crippen molar-refractivity contribution >= 4 is 11.9 Å². The van der Waals surface area contributed by atoms with Gasteiger partial charge >= 0.3 is 0 Å². The first kappa shape index (κ1) is 18.7. The number of anilines is 1. The van der Waals surface area contributed by atoms with Crippen LogP contribution in [-0.2, 0) is 18.3 Å². The van der Waals surface area contributed by atoms with Gasteiger partial charge in [0.2, 0.25) is 11.5 Å². The minimum atomic E-state index is -0.166. The molecule has 1 saturated heterocycles. The van der Waals surface area contributed by atoms with Crippen LogP contribution in [0.2, 0.25) is 0 Å². The first-order valence-electron chi connectivity index (χ1n) is 9.99. The van der Waals surface area contributed by atoms with Crippen molar-refractivity contribution in [2.75, 3.05) is 32.1 Å². The molecule has 148 valence electrons. The largest absolute Gasteiger partial charge is 0.347 e. The Morgan fingerprint density at radius 1 is 1.32 bits per heavy atom. The third-order valence-corrected chi connectivity index (χ3v) is 6.08. The number of fused-ring (bicyclic) bond motifs is 2. The highest BCUT2D eigenvalue weighted by Gasteiger charge is 2.45. The number of carbonyl (C=O) groups is 1. The van der Waals surface area contributed by atoms with Crippen molar-refractivity contribution < 1.29 is 4.79 Å². The second kappa shape index (κ2) is 7.04. The third-order valence-electron chi connectivity index (χ3n) is 6.08. The van der Waals surface area contributed by atoms with Crippen LogP contribution in [0.25, 0.3) is 0 Å². The Morgan fingerprint density at radius 2 is 2.14 bits per heavy atom. The first-order valence-corrected chi connectivity index (χ1v) is 9.99. The number of likely N-dealkylation sites (tertiary alicyclic amines) is 1. The summed E-state index contributed by atoms with van der Waals surface area (Å²) in [5.41, 5.74) is 3.38. The average molecular weight is 381 g/mol. The molecule has 0 radical (unpaired) electrons. The summed E-state index contributed by atoms with van der Waals surface area (Å²) >= 11 is 0. The number of aromatic nitrogens is 3. The smallest absolute Gasteiger partial charge is 0.255 e. The molecule has 0 saturated carbocycles. The molecular weight excluding hydrogens is 354 g/mol. The molecule has 7 heteroatoms. The molecule has 1 aliphatic carbocycles. The van der Waals surface area contributed by atoms with E-state index in [2.05, 4.69) is 9.97 Å². The van der Waals surface area contributed by atoms with E-state index in [1.165, 1.54) is 11.6 Å². The van der Waals surface area contributed by atoms with Crippen molar-refractivity contribution in [3.8, 4) is 0 Å². The number of hydrogen-bond acceptors (Lipinski definition) is 5. The van der Waals surface area contributed by atoms with Crippen molar-refractivity contribution in [3.05, 3.63) is 51.2 Å². The van der Waals surface area contributed by atoms with E-state index in [-0.39, 0.29) is 16.9 Å². The Kier molecular flexibility index (Phi) is 4.69. The van der Waals surface area contributed by atoms with E-state index in [0.29, 0.717) is 24.2 Å². The van der Waals surface area contributed by atoms with E-state index in [9.17, 15) is 9.59 Å². The molecule has 2 aromatic rings. The maximum Gasteiger partial charge on any atom is 0.255 e. The molecule has 3 heterocycles. The monoisotopic (exact) mass is 381 g/mol. The third kappa shape index (κ3) is 3.08. The number of nitrogens with zero attached hydrogens (tertiary/aromatic N) is 4. The van der Waals surface area contributed by atoms with E-state index >= 15 is 0 Å². The zero-order valence-electron chi connectivity index (χ0n) is 16.8. The lowest BCUT2D eigenvalue weighted by atomic mass is 9.77. The predicted molar refractivity (Wildman–Crippen MR) is 108 cm³/mol. The number of amides is 1. The van der Waals surface area contributed by atoms with Crippen LogP contribution in [0.3, 0.4) is 0 Å². The number of rotatable bonds is 3. The Balaban J connectivity index is 1.66. The first-order chi connectivity index (χ1) is 13.4. The minimum absolute atomic E-state index is 0.00233. The molecule has 1 fully saturated rings. The molecule has 7 nitrogen and oxygen atoms in total. The number of aryl methyl sites for hydroxylation is 2. The molecule has 1 aliphatic heterocycles.